The quantitative estimate of drug-likeness (QED) is 0.196. The first kappa shape index (κ1) is 23.7. The number of carbonyl (C=O) groups excluding carboxylic acids is 2. The molecule has 30 heavy (non-hydrogen) atoms. The average Bonchev–Trinajstić information content (AvgIpc) is 2.75. The number of esters is 1. The molecule has 0 unspecified atom stereocenters. The first-order valence-corrected chi connectivity index (χ1v) is 11.0. The van der Waals surface area contributed by atoms with Gasteiger partial charge in [0.2, 0.25) is 0 Å². The summed E-state index contributed by atoms with van der Waals surface area (Å²) in [5, 5.41) is 0. The molecule has 0 heterocycles. The van der Waals surface area contributed by atoms with Gasteiger partial charge in [-0.2, -0.15) is 0 Å². The van der Waals surface area contributed by atoms with Gasteiger partial charge in [-0.1, -0.05) is 62.8 Å². The molecule has 162 valence electrons. The lowest BCUT2D eigenvalue weighted by atomic mass is 10.1. The Labute approximate surface area is 180 Å². The maximum Gasteiger partial charge on any atom is 0.311 e. The summed E-state index contributed by atoms with van der Waals surface area (Å²) in [5.74, 6) is 1.53. The summed E-state index contributed by atoms with van der Waals surface area (Å²) < 4.78 is 10.6. The van der Waals surface area contributed by atoms with E-state index in [0.717, 1.165) is 49.0 Å². The van der Waals surface area contributed by atoms with Crippen LogP contribution in [0.3, 0.4) is 0 Å². The highest BCUT2D eigenvalue weighted by Crippen LogP contribution is 2.24. The van der Waals surface area contributed by atoms with Gasteiger partial charge in [-0.25, -0.2) is 0 Å². The minimum absolute atomic E-state index is 0.170. The molecule has 0 aliphatic carbocycles. The van der Waals surface area contributed by atoms with Crippen LogP contribution in [0.15, 0.2) is 48.5 Å². The lowest BCUT2D eigenvalue weighted by Gasteiger charge is -2.07. The van der Waals surface area contributed by atoms with Gasteiger partial charge in [0, 0.05) is 12.8 Å². The second kappa shape index (κ2) is 13.6. The lowest BCUT2D eigenvalue weighted by Crippen LogP contribution is -2.07. The molecule has 0 atom stereocenters. The number of Topliss-reactive ketones (excluding diaryl/α,β-unsaturated/α-hetero) is 1. The van der Waals surface area contributed by atoms with Gasteiger partial charge in [0.05, 0.1) is 7.11 Å². The second-order valence-corrected chi connectivity index (χ2v) is 7.76. The fraction of sp³-hybridized carbons (Fsp3) is 0.462. The third kappa shape index (κ3) is 9.25. The molecule has 0 aromatic heterocycles. The first-order chi connectivity index (χ1) is 14.6. The van der Waals surface area contributed by atoms with Crippen LogP contribution in [0.5, 0.6) is 11.5 Å². The van der Waals surface area contributed by atoms with Crippen molar-refractivity contribution >= 4 is 11.8 Å². The highest BCUT2D eigenvalue weighted by atomic mass is 16.5. The molecule has 2 rings (SSSR count). The zero-order chi connectivity index (χ0) is 21.6. The normalized spacial score (nSPS) is 10.6. The maximum atomic E-state index is 12.0. The van der Waals surface area contributed by atoms with Crippen LogP contribution in [0.2, 0.25) is 0 Å². The Morgan fingerprint density at radius 3 is 1.53 bits per heavy atom. The number of methoxy groups -OCH3 is 1. The highest BCUT2D eigenvalue weighted by molar-refractivity contribution is 5.75. The molecule has 0 saturated carbocycles. The van der Waals surface area contributed by atoms with E-state index in [0.29, 0.717) is 18.6 Å². The minimum Gasteiger partial charge on any atom is -0.497 e. The van der Waals surface area contributed by atoms with E-state index in [2.05, 4.69) is 0 Å². The summed E-state index contributed by atoms with van der Waals surface area (Å²) in [5.41, 5.74) is 2.16. The smallest absolute Gasteiger partial charge is 0.311 e. The van der Waals surface area contributed by atoms with Gasteiger partial charge >= 0.3 is 5.97 Å². The van der Waals surface area contributed by atoms with Crippen molar-refractivity contribution in [3.05, 3.63) is 48.5 Å². The fourth-order valence-corrected chi connectivity index (χ4v) is 3.39. The summed E-state index contributed by atoms with van der Waals surface area (Å²) in [7, 11) is 1.65. The fourth-order valence-electron chi connectivity index (χ4n) is 3.39. The molecule has 0 aliphatic rings. The van der Waals surface area contributed by atoms with Gasteiger partial charge in [-0.3, -0.25) is 4.79 Å². The largest absolute Gasteiger partial charge is 0.497 e. The van der Waals surface area contributed by atoms with Crippen LogP contribution in [-0.2, 0) is 9.59 Å². The molecule has 0 N–H and O–H groups in total. The van der Waals surface area contributed by atoms with E-state index < -0.39 is 0 Å². The van der Waals surface area contributed by atoms with Gasteiger partial charge in [0.1, 0.15) is 17.3 Å². The average molecular weight is 411 g/mol. The Kier molecular flexibility index (Phi) is 10.7. The molecular formula is C26H34O4. The van der Waals surface area contributed by atoms with Crippen molar-refractivity contribution in [2.75, 3.05) is 7.11 Å². The van der Waals surface area contributed by atoms with Crippen LogP contribution in [0.25, 0.3) is 11.1 Å². The maximum absolute atomic E-state index is 12.0. The van der Waals surface area contributed by atoms with Crippen LogP contribution in [0, 0.1) is 0 Å². The molecule has 4 nitrogen and oxygen atoms in total. The number of benzene rings is 2. The first-order valence-electron chi connectivity index (χ1n) is 11.0. The molecule has 0 fully saturated rings. The molecular weight excluding hydrogens is 376 g/mol. The van der Waals surface area contributed by atoms with Crippen molar-refractivity contribution in [3.8, 4) is 22.6 Å². The Balaban J connectivity index is 1.58. The van der Waals surface area contributed by atoms with E-state index in [1.54, 1.807) is 14.0 Å². The van der Waals surface area contributed by atoms with Crippen LogP contribution in [-0.4, -0.2) is 18.9 Å². The summed E-state index contributed by atoms with van der Waals surface area (Å²) >= 11 is 0. The van der Waals surface area contributed by atoms with Crippen molar-refractivity contribution in [1.29, 1.82) is 0 Å². The Morgan fingerprint density at radius 1 is 0.633 bits per heavy atom. The number of unbranched alkanes of at least 4 members (excludes halogenated alkanes) is 7. The van der Waals surface area contributed by atoms with Crippen LogP contribution >= 0.6 is 0 Å². The number of ether oxygens (including phenoxy) is 2. The van der Waals surface area contributed by atoms with Crippen LogP contribution < -0.4 is 9.47 Å². The number of ketones is 1. The molecule has 2 aromatic carbocycles. The Morgan fingerprint density at radius 2 is 1.07 bits per heavy atom. The minimum atomic E-state index is -0.170. The lowest BCUT2D eigenvalue weighted by molar-refractivity contribution is -0.134. The SMILES string of the molecule is COc1ccc(-c2ccc(OC(=O)CCCCCCCCCCC(C)=O)cc2)cc1. The van der Waals surface area contributed by atoms with Gasteiger partial charge in [-0.05, 0) is 55.2 Å². The van der Waals surface area contributed by atoms with E-state index in [1.807, 2.05) is 48.5 Å². The summed E-state index contributed by atoms with van der Waals surface area (Å²) in [6.07, 6.45) is 10.0. The third-order valence-corrected chi connectivity index (χ3v) is 5.17. The third-order valence-electron chi connectivity index (χ3n) is 5.17. The monoisotopic (exact) mass is 410 g/mol. The highest BCUT2D eigenvalue weighted by Gasteiger charge is 2.06. The summed E-state index contributed by atoms with van der Waals surface area (Å²) in [6.45, 7) is 1.66. The van der Waals surface area contributed by atoms with E-state index in [-0.39, 0.29) is 11.8 Å². The number of rotatable bonds is 14. The van der Waals surface area contributed by atoms with Gasteiger partial charge < -0.3 is 14.3 Å². The Bertz CT molecular complexity index is 763. The Hall–Kier alpha value is -2.62. The summed E-state index contributed by atoms with van der Waals surface area (Å²) in [6, 6.07) is 15.5. The molecule has 0 saturated heterocycles. The van der Waals surface area contributed by atoms with Crippen molar-refractivity contribution in [3.63, 3.8) is 0 Å². The molecule has 0 amide bonds. The molecule has 0 spiro atoms. The van der Waals surface area contributed by atoms with Gasteiger partial charge in [0.15, 0.2) is 0 Å². The zero-order valence-electron chi connectivity index (χ0n) is 18.3. The summed E-state index contributed by atoms with van der Waals surface area (Å²) in [4.78, 5) is 22.9. The molecule has 4 heteroatoms. The molecule has 0 aliphatic heterocycles. The predicted octanol–water partition coefficient (Wildman–Crippen LogP) is 6.76. The van der Waals surface area contributed by atoms with Crippen molar-refractivity contribution in [2.45, 2.75) is 71.1 Å². The van der Waals surface area contributed by atoms with Crippen LogP contribution in [0.1, 0.15) is 71.1 Å². The molecule has 2 aromatic rings. The number of hydrogen-bond donors (Lipinski definition) is 0. The van der Waals surface area contributed by atoms with Gasteiger partial charge in [0.25, 0.3) is 0 Å². The zero-order valence-corrected chi connectivity index (χ0v) is 18.3. The van der Waals surface area contributed by atoms with Gasteiger partial charge in [-0.15, -0.1) is 0 Å². The standard InChI is InChI=1S/C26H34O4/c1-21(27)11-9-7-5-3-4-6-8-10-12-26(28)30-25-19-15-23(16-20-25)22-13-17-24(29-2)18-14-22/h13-20H,3-12H2,1-2H3. The second-order valence-electron chi connectivity index (χ2n) is 7.76. The predicted molar refractivity (Wildman–Crippen MR) is 121 cm³/mol. The van der Waals surface area contributed by atoms with E-state index in [4.69, 9.17) is 9.47 Å². The molecule has 0 radical (unpaired) electrons. The van der Waals surface area contributed by atoms with E-state index >= 15 is 0 Å². The number of hydrogen-bond acceptors (Lipinski definition) is 4. The van der Waals surface area contributed by atoms with E-state index in [1.165, 1.54) is 19.3 Å². The number of carbonyl (C=O) groups is 2. The van der Waals surface area contributed by atoms with Crippen molar-refractivity contribution in [1.82, 2.24) is 0 Å². The topological polar surface area (TPSA) is 52.6 Å². The van der Waals surface area contributed by atoms with Crippen molar-refractivity contribution in [2.24, 2.45) is 0 Å². The molecule has 0 bridgehead atoms. The van der Waals surface area contributed by atoms with Crippen LogP contribution in [0.4, 0.5) is 0 Å². The van der Waals surface area contributed by atoms with Crippen molar-refractivity contribution < 1.29 is 19.1 Å². The van der Waals surface area contributed by atoms with E-state index in [9.17, 15) is 9.59 Å².